The molecule has 0 radical (unpaired) electrons. The van der Waals surface area contributed by atoms with Crippen molar-refractivity contribution in [1.82, 2.24) is 15.1 Å². The normalized spacial score (nSPS) is 11.9. The maximum Gasteiger partial charge on any atom is 0.471 e. The first-order valence-corrected chi connectivity index (χ1v) is 7.57. The molecule has 0 aliphatic carbocycles. The summed E-state index contributed by atoms with van der Waals surface area (Å²) in [5, 5.41) is 4.38. The Morgan fingerprint density at radius 2 is 1.78 bits per heavy atom. The van der Waals surface area contributed by atoms with Crippen LogP contribution in [0.2, 0.25) is 0 Å². The molecule has 0 N–H and O–H groups in total. The Balaban J connectivity index is 1.79. The Morgan fingerprint density at radius 3 is 2.30 bits per heavy atom. The van der Waals surface area contributed by atoms with Crippen LogP contribution in [0.15, 0.2) is 28.8 Å². The van der Waals surface area contributed by atoms with E-state index in [2.05, 4.69) is 19.6 Å². The monoisotopic (exact) mass is 339 g/mol. The molecule has 0 saturated carbocycles. The van der Waals surface area contributed by atoms with Gasteiger partial charge in [0.25, 0.3) is 0 Å². The van der Waals surface area contributed by atoms with E-state index in [0.717, 1.165) is 22.7 Å². The van der Waals surface area contributed by atoms with Crippen LogP contribution in [-0.2, 0) is 12.6 Å². The number of benzene rings is 1. The third-order valence-corrected chi connectivity index (χ3v) is 4.32. The van der Waals surface area contributed by atoms with Gasteiger partial charge in [-0.3, -0.25) is 0 Å². The molecule has 8 heteroatoms. The third kappa shape index (κ3) is 3.42. The van der Waals surface area contributed by atoms with Crippen molar-refractivity contribution >= 4 is 11.3 Å². The highest BCUT2D eigenvalue weighted by Crippen LogP contribution is 2.29. The minimum atomic E-state index is -4.63. The lowest BCUT2D eigenvalue weighted by atomic mass is 10.1. The van der Waals surface area contributed by atoms with Crippen LogP contribution in [-0.4, -0.2) is 15.1 Å². The number of rotatable bonds is 3. The maximum absolute atomic E-state index is 12.5. The molecule has 0 unspecified atom stereocenters. The Kier molecular flexibility index (Phi) is 3.93. The molecule has 4 nitrogen and oxygen atoms in total. The fourth-order valence-corrected chi connectivity index (χ4v) is 3.12. The summed E-state index contributed by atoms with van der Waals surface area (Å²) in [6, 6.07) is 7.05. The standard InChI is InChI=1S/C15H12F3N3OS/c1-8-12(23-9(2)19-8)7-10-3-5-11(6-4-10)13-20-14(22-21-13)15(16,17)18/h3-6H,7H2,1-2H3. The van der Waals surface area contributed by atoms with Crippen molar-refractivity contribution in [3.8, 4) is 11.4 Å². The molecule has 0 fully saturated rings. The second kappa shape index (κ2) is 5.77. The summed E-state index contributed by atoms with van der Waals surface area (Å²) in [5.74, 6) is -1.42. The van der Waals surface area contributed by atoms with Crippen LogP contribution in [0.3, 0.4) is 0 Å². The molecule has 3 aromatic rings. The Labute approximate surface area is 134 Å². The van der Waals surface area contributed by atoms with E-state index in [9.17, 15) is 13.2 Å². The predicted octanol–water partition coefficient (Wildman–Crippen LogP) is 4.42. The Morgan fingerprint density at radius 1 is 1.09 bits per heavy atom. The van der Waals surface area contributed by atoms with E-state index in [1.54, 1.807) is 23.5 Å². The number of hydrogen-bond acceptors (Lipinski definition) is 5. The van der Waals surface area contributed by atoms with E-state index < -0.39 is 12.1 Å². The lowest BCUT2D eigenvalue weighted by Crippen LogP contribution is -2.04. The summed E-state index contributed by atoms with van der Waals surface area (Å²) in [7, 11) is 0. The first kappa shape index (κ1) is 15.7. The number of hydrogen-bond donors (Lipinski definition) is 0. The van der Waals surface area contributed by atoms with Gasteiger partial charge in [-0.15, -0.1) is 11.3 Å². The fraction of sp³-hybridized carbons (Fsp3) is 0.267. The fourth-order valence-electron chi connectivity index (χ4n) is 2.15. The van der Waals surface area contributed by atoms with Gasteiger partial charge in [0.05, 0.1) is 10.7 Å². The molecule has 23 heavy (non-hydrogen) atoms. The summed E-state index contributed by atoms with van der Waals surface area (Å²) in [6.07, 6.45) is -3.90. The van der Waals surface area contributed by atoms with Gasteiger partial charge in [-0.25, -0.2) is 4.98 Å². The van der Waals surface area contributed by atoms with Crippen LogP contribution >= 0.6 is 11.3 Å². The van der Waals surface area contributed by atoms with Crippen molar-refractivity contribution in [2.75, 3.05) is 0 Å². The molecule has 0 aliphatic rings. The van der Waals surface area contributed by atoms with Gasteiger partial charge in [-0.05, 0) is 19.4 Å². The second-order valence-electron chi connectivity index (χ2n) is 5.04. The molecule has 0 aliphatic heterocycles. The zero-order valence-corrected chi connectivity index (χ0v) is 13.1. The minimum Gasteiger partial charge on any atom is -0.329 e. The molecular formula is C15H12F3N3OS. The number of nitrogens with zero attached hydrogens (tertiary/aromatic N) is 3. The summed E-state index contributed by atoms with van der Waals surface area (Å²) in [4.78, 5) is 8.93. The minimum absolute atomic E-state index is 0.0753. The van der Waals surface area contributed by atoms with Gasteiger partial charge in [0.1, 0.15) is 0 Å². The van der Waals surface area contributed by atoms with Crippen molar-refractivity contribution in [2.45, 2.75) is 26.4 Å². The highest BCUT2D eigenvalue weighted by Gasteiger charge is 2.38. The summed E-state index contributed by atoms with van der Waals surface area (Å²) in [6.45, 7) is 3.92. The first-order chi connectivity index (χ1) is 10.8. The van der Waals surface area contributed by atoms with Gasteiger partial charge in [0.2, 0.25) is 5.82 Å². The quantitative estimate of drug-likeness (QED) is 0.709. The molecule has 0 amide bonds. The number of alkyl halides is 3. The summed E-state index contributed by atoms with van der Waals surface area (Å²) >= 11 is 1.64. The molecule has 120 valence electrons. The van der Waals surface area contributed by atoms with E-state index in [1.165, 1.54) is 4.88 Å². The van der Waals surface area contributed by atoms with Gasteiger partial charge < -0.3 is 4.52 Å². The third-order valence-electron chi connectivity index (χ3n) is 3.24. The smallest absolute Gasteiger partial charge is 0.329 e. The van der Waals surface area contributed by atoms with Gasteiger partial charge in [0.15, 0.2) is 0 Å². The molecule has 2 heterocycles. The lowest BCUT2D eigenvalue weighted by Gasteiger charge is -2.01. The number of thiazole rings is 1. The maximum atomic E-state index is 12.5. The largest absolute Gasteiger partial charge is 0.471 e. The molecule has 0 bridgehead atoms. The molecule has 2 aromatic heterocycles. The van der Waals surface area contributed by atoms with E-state index in [4.69, 9.17) is 0 Å². The highest BCUT2D eigenvalue weighted by atomic mass is 32.1. The van der Waals surface area contributed by atoms with Crippen molar-refractivity contribution in [2.24, 2.45) is 0 Å². The van der Waals surface area contributed by atoms with Gasteiger partial charge in [-0.2, -0.15) is 18.2 Å². The molecular weight excluding hydrogens is 327 g/mol. The predicted molar refractivity (Wildman–Crippen MR) is 79.1 cm³/mol. The summed E-state index contributed by atoms with van der Waals surface area (Å²) < 4.78 is 41.6. The number of aryl methyl sites for hydroxylation is 2. The van der Waals surface area contributed by atoms with Crippen LogP contribution in [0, 0.1) is 13.8 Å². The summed E-state index contributed by atoms with van der Waals surface area (Å²) in [5.41, 5.74) is 2.52. The van der Waals surface area contributed by atoms with Crippen LogP contribution < -0.4 is 0 Å². The van der Waals surface area contributed by atoms with E-state index >= 15 is 0 Å². The average Bonchev–Trinajstić information content (AvgIpc) is 3.07. The van der Waals surface area contributed by atoms with Crippen molar-refractivity contribution < 1.29 is 17.7 Å². The van der Waals surface area contributed by atoms with Gasteiger partial charge >= 0.3 is 12.1 Å². The zero-order chi connectivity index (χ0) is 16.6. The van der Waals surface area contributed by atoms with E-state index in [1.807, 2.05) is 26.0 Å². The molecule has 3 rings (SSSR count). The number of aromatic nitrogens is 3. The topological polar surface area (TPSA) is 51.8 Å². The Bertz CT molecular complexity index is 821. The van der Waals surface area contributed by atoms with E-state index in [0.29, 0.717) is 5.56 Å². The molecule has 1 aromatic carbocycles. The second-order valence-corrected chi connectivity index (χ2v) is 6.32. The molecule has 0 spiro atoms. The molecule has 0 atom stereocenters. The van der Waals surface area contributed by atoms with Crippen molar-refractivity contribution in [3.63, 3.8) is 0 Å². The lowest BCUT2D eigenvalue weighted by molar-refractivity contribution is -0.159. The first-order valence-electron chi connectivity index (χ1n) is 6.76. The van der Waals surface area contributed by atoms with Crippen LogP contribution in [0.5, 0.6) is 0 Å². The van der Waals surface area contributed by atoms with Gasteiger partial charge in [-0.1, -0.05) is 29.4 Å². The van der Waals surface area contributed by atoms with Crippen LogP contribution in [0.1, 0.15) is 27.0 Å². The van der Waals surface area contributed by atoms with Gasteiger partial charge in [0, 0.05) is 16.9 Å². The Hall–Kier alpha value is -2.22. The number of halogens is 3. The zero-order valence-electron chi connectivity index (χ0n) is 12.3. The SMILES string of the molecule is Cc1nc(C)c(Cc2ccc(-c3noc(C(F)(F)F)n3)cc2)s1. The average molecular weight is 339 g/mol. The highest BCUT2D eigenvalue weighted by molar-refractivity contribution is 7.11. The van der Waals surface area contributed by atoms with Crippen LogP contribution in [0.4, 0.5) is 13.2 Å². The van der Waals surface area contributed by atoms with Crippen molar-refractivity contribution in [3.05, 3.63) is 51.3 Å². The van der Waals surface area contributed by atoms with Crippen molar-refractivity contribution in [1.29, 1.82) is 0 Å². The van der Waals surface area contributed by atoms with Crippen LogP contribution in [0.25, 0.3) is 11.4 Å². The molecule has 0 saturated heterocycles. The van der Waals surface area contributed by atoms with E-state index in [-0.39, 0.29) is 5.82 Å².